The van der Waals surface area contributed by atoms with Crippen molar-refractivity contribution < 1.29 is 37.3 Å². The monoisotopic (exact) mass is 530 g/mol. The van der Waals surface area contributed by atoms with Crippen molar-refractivity contribution in [2.75, 3.05) is 12.4 Å². The molecule has 0 unspecified atom stereocenters. The number of carbonyl (C=O) groups excluding carboxylic acids is 1. The first-order chi connectivity index (χ1) is 17.8. The van der Waals surface area contributed by atoms with E-state index in [-0.39, 0.29) is 11.3 Å². The molecule has 2 aromatic heterocycles. The lowest BCUT2D eigenvalue weighted by Gasteiger charge is -2.18. The lowest BCUT2D eigenvalue weighted by Crippen LogP contribution is -2.21. The Hall–Kier alpha value is -4.61. The largest absolute Gasteiger partial charge is 0.493 e. The Morgan fingerprint density at radius 1 is 0.947 bits per heavy atom. The van der Waals surface area contributed by atoms with Gasteiger partial charge in [0.25, 0.3) is 5.91 Å². The van der Waals surface area contributed by atoms with Crippen LogP contribution in [0.4, 0.5) is 19.0 Å². The van der Waals surface area contributed by atoms with Crippen molar-refractivity contribution in [3.05, 3.63) is 78.0 Å². The third-order valence-electron chi connectivity index (χ3n) is 5.08. The number of para-hydroxylation sites is 2. The number of aromatic nitrogens is 3. The molecular formula is C26H25F3N4O5. The van der Waals surface area contributed by atoms with E-state index in [0.717, 1.165) is 0 Å². The lowest BCUT2D eigenvalue weighted by atomic mass is 9.87. The molecule has 0 bridgehead atoms. The fourth-order valence-electron chi connectivity index (χ4n) is 3.11. The van der Waals surface area contributed by atoms with Crippen LogP contribution in [0.1, 0.15) is 36.7 Å². The average Bonchev–Trinajstić information content (AvgIpc) is 3.25. The summed E-state index contributed by atoms with van der Waals surface area (Å²) in [6.45, 7) is 6.41. The van der Waals surface area contributed by atoms with Crippen LogP contribution >= 0.6 is 0 Å². The van der Waals surface area contributed by atoms with Gasteiger partial charge in [-0.2, -0.15) is 13.2 Å². The molecule has 0 radical (unpaired) electrons. The van der Waals surface area contributed by atoms with Crippen LogP contribution in [0.25, 0.3) is 5.65 Å². The molecule has 12 heteroatoms. The van der Waals surface area contributed by atoms with Crippen molar-refractivity contribution in [1.29, 1.82) is 0 Å². The molecule has 0 aliphatic rings. The molecule has 200 valence electrons. The number of ether oxygens (including phenoxy) is 2. The molecule has 0 atom stereocenters. The number of imidazole rings is 1. The number of carbonyl (C=O) groups is 2. The molecule has 0 saturated carbocycles. The summed E-state index contributed by atoms with van der Waals surface area (Å²) in [4.78, 5) is 25.9. The molecular weight excluding hydrogens is 505 g/mol. The standard InChI is InChI=1S/C24H24N4O3.C2HF3O2/c1-24(2,3)17-11-9-16(10-12-17)23(29)26-20-15-28-21(25-20)13-14-22(27-28)31-19-8-6-5-7-18(19)30-4;3-2(4,5)1(6)7/h5-15H,1-4H3,(H,26,29);(H,6,7). The van der Waals surface area contributed by atoms with Gasteiger partial charge in [-0.25, -0.2) is 14.3 Å². The highest BCUT2D eigenvalue weighted by molar-refractivity contribution is 6.03. The fraction of sp³-hybridized carbons (Fsp3) is 0.231. The van der Waals surface area contributed by atoms with Crippen LogP contribution in [0.5, 0.6) is 17.4 Å². The van der Waals surface area contributed by atoms with E-state index in [1.807, 2.05) is 42.5 Å². The minimum Gasteiger partial charge on any atom is -0.493 e. The van der Waals surface area contributed by atoms with Gasteiger partial charge in [-0.05, 0) is 41.3 Å². The van der Waals surface area contributed by atoms with Gasteiger partial charge in [-0.1, -0.05) is 45.0 Å². The molecule has 38 heavy (non-hydrogen) atoms. The summed E-state index contributed by atoms with van der Waals surface area (Å²) in [5.74, 6) is -1.02. The summed E-state index contributed by atoms with van der Waals surface area (Å²) >= 11 is 0. The number of hydrogen-bond donors (Lipinski definition) is 2. The zero-order valence-electron chi connectivity index (χ0n) is 20.9. The van der Waals surface area contributed by atoms with Crippen LogP contribution in [0.15, 0.2) is 66.9 Å². The predicted molar refractivity (Wildman–Crippen MR) is 133 cm³/mol. The Morgan fingerprint density at radius 2 is 1.55 bits per heavy atom. The van der Waals surface area contributed by atoms with E-state index in [2.05, 4.69) is 36.2 Å². The zero-order valence-corrected chi connectivity index (χ0v) is 20.9. The first-order valence-corrected chi connectivity index (χ1v) is 11.2. The molecule has 0 aliphatic carbocycles. The quantitative estimate of drug-likeness (QED) is 0.339. The molecule has 2 heterocycles. The second-order valence-electron chi connectivity index (χ2n) is 8.94. The number of benzene rings is 2. The van der Waals surface area contributed by atoms with Crippen molar-refractivity contribution in [3.63, 3.8) is 0 Å². The fourth-order valence-corrected chi connectivity index (χ4v) is 3.11. The molecule has 0 aliphatic heterocycles. The summed E-state index contributed by atoms with van der Waals surface area (Å²) < 4.78 is 44.4. The van der Waals surface area contributed by atoms with Gasteiger partial charge in [0.2, 0.25) is 5.88 Å². The third-order valence-corrected chi connectivity index (χ3v) is 5.08. The van der Waals surface area contributed by atoms with E-state index in [1.165, 1.54) is 5.56 Å². The van der Waals surface area contributed by atoms with Crippen molar-refractivity contribution in [2.45, 2.75) is 32.4 Å². The van der Waals surface area contributed by atoms with Gasteiger partial charge in [0, 0.05) is 11.6 Å². The van der Waals surface area contributed by atoms with Crippen LogP contribution in [-0.4, -0.2) is 44.9 Å². The molecule has 2 N–H and O–H groups in total. The van der Waals surface area contributed by atoms with Gasteiger partial charge in [0.05, 0.1) is 13.3 Å². The number of carboxylic acids is 1. The summed E-state index contributed by atoms with van der Waals surface area (Å²) in [5.41, 5.74) is 2.36. The zero-order chi connectivity index (χ0) is 28.1. The molecule has 4 rings (SSSR count). The number of aliphatic carboxylic acids is 1. The number of anilines is 1. The Balaban J connectivity index is 0.000000505. The highest BCUT2D eigenvalue weighted by atomic mass is 19.4. The molecule has 9 nitrogen and oxygen atoms in total. The van der Waals surface area contributed by atoms with Crippen LogP contribution < -0.4 is 14.8 Å². The summed E-state index contributed by atoms with van der Waals surface area (Å²) in [6, 6.07) is 18.4. The first-order valence-electron chi connectivity index (χ1n) is 11.2. The SMILES string of the molecule is COc1ccccc1Oc1ccc2nc(NC(=O)c3ccc(C(C)(C)C)cc3)cn2n1.O=C(O)C(F)(F)F. The van der Waals surface area contributed by atoms with E-state index in [4.69, 9.17) is 19.4 Å². The van der Waals surface area contributed by atoms with Crippen molar-refractivity contribution in [1.82, 2.24) is 14.6 Å². The maximum absolute atomic E-state index is 12.6. The van der Waals surface area contributed by atoms with Gasteiger partial charge < -0.3 is 19.9 Å². The number of nitrogens with zero attached hydrogens (tertiary/aromatic N) is 3. The first kappa shape index (κ1) is 28.0. The average molecular weight is 531 g/mol. The second-order valence-corrected chi connectivity index (χ2v) is 8.94. The summed E-state index contributed by atoms with van der Waals surface area (Å²) in [7, 11) is 1.58. The van der Waals surface area contributed by atoms with Crippen molar-refractivity contribution >= 4 is 23.3 Å². The predicted octanol–water partition coefficient (Wildman–Crippen LogP) is 5.71. The maximum Gasteiger partial charge on any atom is 0.490 e. The lowest BCUT2D eigenvalue weighted by molar-refractivity contribution is -0.192. The molecule has 2 aromatic carbocycles. The number of hydrogen-bond acceptors (Lipinski definition) is 6. The van der Waals surface area contributed by atoms with E-state index in [9.17, 15) is 18.0 Å². The minimum atomic E-state index is -5.08. The smallest absolute Gasteiger partial charge is 0.490 e. The van der Waals surface area contributed by atoms with E-state index < -0.39 is 12.1 Å². The molecule has 4 aromatic rings. The Labute approximate surface area is 215 Å². The number of amides is 1. The molecule has 0 spiro atoms. The van der Waals surface area contributed by atoms with Crippen LogP contribution in [-0.2, 0) is 10.2 Å². The van der Waals surface area contributed by atoms with E-state index in [1.54, 1.807) is 36.0 Å². The Morgan fingerprint density at radius 3 is 2.11 bits per heavy atom. The van der Waals surface area contributed by atoms with Gasteiger partial charge in [-0.15, -0.1) is 5.10 Å². The molecule has 0 saturated heterocycles. The Bertz CT molecular complexity index is 1430. The summed E-state index contributed by atoms with van der Waals surface area (Å²) in [6.07, 6.45) is -3.44. The van der Waals surface area contributed by atoms with E-state index in [0.29, 0.717) is 34.4 Å². The number of halogens is 3. The minimum absolute atomic E-state index is 0.0336. The van der Waals surface area contributed by atoms with Gasteiger partial charge in [0.1, 0.15) is 0 Å². The van der Waals surface area contributed by atoms with Crippen LogP contribution in [0.2, 0.25) is 0 Å². The number of carboxylic acid groups (broad SMARTS) is 1. The number of fused-ring (bicyclic) bond motifs is 1. The van der Waals surface area contributed by atoms with Crippen LogP contribution in [0, 0.1) is 0 Å². The second kappa shape index (κ2) is 11.2. The molecule has 0 fully saturated rings. The van der Waals surface area contributed by atoms with Gasteiger partial charge in [0.15, 0.2) is 23.0 Å². The number of nitrogens with one attached hydrogen (secondary N) is 1. The highest BCUT2D eigenvalue weighted by Crippen LogP contribution is 2.30. The van der Waals surface area contributed by atoms with Gasteiger partial charge >= 0.3 is 12.1 Å². The van der Waals surface area contributed by atoms with E-state index >= 15 is 0 Å². The maximum atomic E-state index is 12.6. The summed E-state index contributed by atoms with van der Waals surface area (Å²) in [5, 5.41) is 14.4. The van der Waals surface area contributed by atoms with Crippen molar-refractivity contribution in [3.8, 4) is 17.4 Å². The topological polar surface area (TPSA) is 115 Å². The molecule has 1 amide bonds. The number of methoxy groups -OCH3 is 1. The third kappa shape index (κ3) is 7.21. The Kier molecular flexibility index (Phi) is 8.24. The van der Waals surface area contributed by atoms with Crippen LogP contribution in [0.3, 0.4) is 0 Å². The number of rotatable bonds is 5. The normalized spacial score (nSPS) is 11.3. The van der Waals surface area contributed by atoms with Gasteiger partial charge in [-0.3, -0.25) is 4.79 Å². The number of alkyl halides is 3. The highest BCUT2D eigenvalue weighted by Gasteiger charge is 2.38. The van der Waals surface area contributed by atoms with Crippen molar-refractivity contribution in [2.24, 2.45) is 0 Å².